The summed E-state index contributed by atoms with van der Waals surface area (Å²) in [7, 11) is 3.45. The highest BCUT2D eigenvalue weighted by Gasteiger charge is 2.22. The molecule has 5 nitrogen and oxygen atoms in total. The molecular weight excluding hydrogens is 178 g/mol. The van der Waals surface area contributed by atoms with Gasteiger partial charge in [0.1, 0.15) is 14.5 Å². The summed E-state index contributed by atoms with van der Waals surface area (Å²) in [5, 5.41) is 3.04. The van der Waals surface area contributed by atoms with Crippen LogP contribution in [0.2, 0.25) is 0 Å². The molecule has 0 aromatic rings. The van der Waals surface area contributed by atoms with Crippen LogP contribution in [0.1, 0.15) is 0 Å². The molecule has 0 spiro atoms. The Bertz CT molecular complexity index is 171. The van der Waals surface area contributed by atoms with Crippen molar-refractivity contribution in [3.63, 3.8) is 0 Å². The molecule has 66 valence electrons. The predicted molar refractivity (Wildman–Crippen MR) is 45.0 cm³/mol. The maximum Gasteiger partial charge on any atom is 0.610 e. The van der Waals surface area contributed by atoms with E-state index >= 15 is 0 Å². The Hall–Kier alpha value is 0.00494. The van der Waals surface area contributed by atoms with Crippen LogP contribution in [0.4, 0.5) is 0 Å². The van der Waals surface area contributed by atoms with E-state index in [1.165, 1.54) is 0 Å². The van der Waals surface area contributed by atoms with Gasteiger partial charge in [0.2, 0.25) is 0 Å². The average Bonchev–Trinajstić information content (AvgIpc) is 2.01. The minimum Gasteiger partial charge on any atom is -0.380 e. The lowest BCUT2D eigenvalue weighted by Gasteiger charge is -2.27. The van der Waals surface area contributed by atoms with Crippen molar-refractivity contribution in [3.05, 3.63) is 0 Å². The molecule has 0 aromatic heterocycles. The fraction of sp³-hybridized carbons (Fsp3) is 1.00. The standard InChI is InChI=1S/C5H11BN2O3P/c6-5-2-8-1-4(11-5)3-10-12(7)9/h4-5,8H,1-3H2,(H2,7,9)/q+1. The molecule has 0 amide bonds. The number of morpholine rings is 1. The monoisotopic (exact) mass is 189 g/mol. The summed E-state index contributed by atoms with van der Waals surface area (Å²) in [6.45, 7) is 1.49. The Labute approximate surface area is 73.3 Å². The Balaban J connectivity index is 2.18. The van der Waals surface area contributed by atoms with E-state index in [0.29, 0.717) is 13.1 Å². The largest absolute Gasteiger partial charge is 0.610 e. The quantitative estimate of drug-likeness (QED) is 0.444. The molecular formula is C5H11BN2O3P+. The van der Waals surface area contributed by atoms with Crippen molar-refractivity contribution in [2.24, 2.45) is 5.50 Å². The molecule has 0 aliphatic carbocycles. The maximum atomic E-state index is 10.4. The van der Waals surface area contributed by atoms with Gasteiger partial charge in [-0.1, -0.05) is 5.50 Å². The fourth-order valence-electron chi connectivity index (χ4n) is 0.985. The average molecular weight is 189 g/mol. The van der Waals surface area contributed by atoms with Gasteiger partial charge in [-0.2, -0.15) is 0 Å². The summed E-state index contributed by atoms with van der Waals surface area (Å²) in [6.07, 6.45) is -0.156. The van der Waals surface area contributed by atoms with E-state index in [4.69, 9.17) is 22.6 Å². The minimum atomic E-state index is -2.04. The summed E-state index contributed by atoms with van der Waals surface area (Å²) >= 11 is 0. The van der Waals surface area contributed by atoms with Crippen molar-refractivity contribution in [1.29, 1.82) is 0 Å². The zero-order valence-corrected chi connectivity index (χ0v) is 7.50. The maximum absolute atomic E-state index is 10.4. The Morgan fingerprint density at radius 2 is 2.50 bits per heavy atom. The minimum absolute atomic E-state index is 0.156. The Morgan fingerprint density at radius 1 is 1.75 bits per heavy atom. The molecule has 1 fully saturated rings. The van der Waals surface area contributed by atoms with Gasteiger partial charge >= 0.3 is 8.18 Å². The van der Waals surface area contributed by atoms with Crippen LogP contribution in [-0.2, 0) is 13.8 Å². The first-order valence-electron chi connectivity index (χ1n) is 3.65. The van der Waals surface area contributed by atoms with E-state index in [9.17, 15) is 4.57 Å². The van der Waals surface area contributed by atoms with Crippen LogP contribution in [0, 0.1) is 0 Å². The normalized spacial score (nSPS) is 31.6. The molecule has 0 aromatic carbocycles. The first kappa shape index (κ1) is 10.1. The van der Waals surface area contributed by atoms with Crippen LogP contribution >= 0.6 is 8.18 Å². The third-order valence-electron chi connectivity index (χ3n) is 1.47. The number of ether oxygens (including phenoxy) is 1. The van der Waals surface area contributed by atoms with Gasteiger partial charge in [-0.15, -0.1) is 4.52 Å². The molecule has 3 N–H and O–H groups in total. The number of nitrogens with two attached hydrogens (primary N) is 1. The lowest BCUT2D eigenvalue weighted by Crippen LogP contribution is -2.46. The predicted octanol–water partition coefficient (Wildman–Crippen LogP) is -0.898. The topological polar surface area (TPSA) is 73.6 Å². The van der Waals surface area contributed by atoms with Crippen LogP contribution in [0.5, 0.6) is 0 Å². The molecule has 1 aliphatic rings. The van der Waals surface area contributed by atoms with Crippen molar-refractivity contribution >= 4 is 16.0 Å². The van der Waals surface area contributed by atoms with Crippen molar-refractivity contribution in [2.45, 2.75) is 12.1 Å². The number of hydrogen-bond acceptors (Lipinski definition) is 4. The summed E-state index contributed by atoms with van der Waals surface area (Å²) in [5.41, 5.74) is 4.92. The van der Waals surface area contributed by atoms with E-state index in [1.807, 2.05) is 0 Å². The van der Waals surface area contributed by atoms with Crippen molar-refractivity contribution in [1.82, 2.24) is 5.32 Å². The zero-order valence-electron chi connectivity index (χ0n) is 6.60. The molecule has 1 heterocycles. The van der Waals surface area contributed by atoms with Crippen LogP contribution < -0.4 is 10.8 Å². The Kier molecular flexibility index (Phi) is 4.11. The van der Waals surface area contributed by atoms with E-state index < -0.39 is 8.18 Å². The molecule has 1 saturated heterocycles. The second kappa shape index (κ2) is 4.89. The van der Waals surface area contributed by atoms with E-state index in [0.717, 1.165) is 0 Å². The summed E-state index contributed by atoms with van der Waals surface area (Å²) in [6, 6.07) is -0.317. The summed E-state index contributed by atoms with van der Waals surface area (Å²) < 4.78 is 20.3. The molecule has 12 heavy (non-hydrogen) atoms. The van der Waals surface area contributed by atoms with Gasteiger partial charge in [0, 0.05) is 19.1 Å². The lowest BCUT2D eigenvalue weighted by atomic mass is 9.98. The van der Waals surface area contributed by atoms with Gasteiger partial charge in [0.05, 0.1) is 6.10 Å². The smallest absolute Gasteiger partial charge is 0.380 e. The van der Waals surface area contributed by atoms with Gasteiger partial charge < -0.3 is 10.1 Å². The third kappa shape index (κ3) is 3.60. The summed E-state index contributed by atoms with van der Waals surface area (Å²) in [4.78, 5) is 0. The van der Waals surface area contributed by atoms with E-state index in [1.54, 1.807) is 0 Å². The number of nitrogens with one attached hydrogen (secondary N) is 1. The fourth-order valence-corrected chi connectivity index (χ4v) is 1.30. The van der Waals surface area contributed by atoms with Crippen LogP contribution in [0.15, 0.2) is 0 Å². The van der Waals surface area contributed by atoms with Gasteiger partial charge in [0.15, 0.2) is 0 Å². The second-order valence-corrected chi connectivity index (χ2v) is 3.36. The SMILES string of the molecule is [B]C1CNCC(CO[P+](N)=O)O1. The summed E-state index contributed by atoms with van der Waals surface area (Å²) in [5.74, 6) is 0. The molecule has 7 heteroatoms. The van der Waals surface area contributed by atoms with E-state index in [2.05, 4.69) is 5.32 Å². The molecule has 0 saturated carbocycles. The van der Waals surface area contributed by atoms with Crippen LogP contribution in [-0.4, -0.2) is 39.6 Å². The molecule has 1 aliphatic heterocycles. The van der Waals surface area contributed by atoms with Crippen molar-refractivity contribution in [3.8, 4) is 0 Å². The highest BCUT2D eigenvalue weighted by Crippen LogP contribution is 2.12. The van der Waals surface area contributed by atoms with Gasteiger partial charge in [-0.25, -0.2) is 0 Å². The Morgan fingerprint density at radius 3 is 3.08 bits per heavy atom. The van der Waals surface area contributed by atoms with Crippen LogP contribution in [0.3, 0.4) is 0 Å². The van der Waals surface area contributed by atoms with Crippen molar-refractivity contribution < 1.29 is 13.8 Å². The van der Waals surface area contributed by atoms with E-state index in [-0.39, 0.29) is 18.7 Å². The van der Waals surface area contributed by atoms with Crippen molar-refractivity contribution in [2.75, 3.05) is 19.7 Å². The van der Waals surface area contributed by atoms with Crippen LogP contribution in [0.25, 0.3) is 0 Å². The lowest BCUT2D eigenvalue weighted by molar-refractivity contribution is -0.0186. The molecule has 2 radical (unpaired) electrons. The first-order valence-corrected chi connectivity index (χ1v) is 4.90. The number of hydrogen-bond donors (Lipinski definition) is 2. The third-order valence-corrected chi connectivity index (χ3v) is 1.88. The highest BCUT2D eigenvalue weighted by molar-refractivity contribution is 7.36. The van der Waals surface area contributed by atoms with Gasteiger partial charge in [0.25, 0.3) is 0 Å². The number of rotatable bonds is 3. The molecule has 3 unspecified atom stereocenters. The molecule has 3 atom stereocenters. The first-order chi connectivity index (χ1) is 5.68. The molecule has 1 rings (SSSR count). The molecule has 0 bridgehead atoms. The highest BCUT2D eigenvalue weighted by atomic mass is 31.1. The zero-order chi connectivity index (χ0) is 8.97. The van der Waals surface area contributed by atoms with Gasteiger partial charge in [-0.05, 0) is 4.57 Å². The van der Waals surface area contributed by atoms with Gasteiger partial charge in [-0.3, -0.25) is 0 Å². The second-order valence-electron chi connectivity index (χ2n) is 2.54.